The van der Waals surface area contributed by atoms with E-state index in [9.17, 15) is 15.0 Å². The first-order chi connectivity index (χ1) is 8.36. The first-order valence-corrected chi connectivity index (χ1v) is 6.21. The van der Waals surface area contributed by atoms with Crippen LogP contribution in [0.1, 0.15) is 27.2 Å². The maximum absolute atomic E-state index is 11.9. The van der Waals surface area contributed by atoms with Gasteiger partial charge in [0.05, 0.1) is 12.0 Å². The van der Waals surface area contributed by atoms with E-state index in [2.05, 4.69) is 0 Å². The van der Waals surface area contributed by atoms with Crippen LogP contribution in [0.2, 0.25) is 0 Å². The molecule has 2 aliphatic heterocycles. The van der Waals surface area contributed by atoms with Gasteiger partial charge in [-0.1, -0.05) is 6.92 Å². The summed E-state index contributed by atoms with van der Waals surface area (Å²) in [6, 6.07) is 0. The average molecular weight is 260 g/mol. The Bertz CT molecular complexity index is 329. The van der Waals surface area contributed by atoms with Gasteiger partial charge in [0.15, 0.2) is 12.4 Å². The van der Waals surface area contributed by atoms with Gasteiger partial charge >= 0.3 is 5.97 Å². The van der Waals surface area contributed by atoms with Gasteiger partial charge in [-0.3, -0.25) is 4.79 Å². The van der Waals surface area contributed by atoms with Gasteiger partial charge in [-0.25, -0.2) is 0 Å². The molecule has 2 rings (SSSR count). The molecule has 0 bridgehead atoms. The van der Waals surface area contributed by atoms with Crippen molar-refractivity contribution >= 4 is 5.97 Å². The van der Waals surface area contributed by atoms with E-state index in [1.54, 1.807) is 0 Å². The van der Waals surface area contributed by atoms with Crippen molar-refractivity contribution in [3.05, 3.63) is 0 Å². The predicted molar refractivity (Wildman–Crippen MR) is 60.6 cm³/mol. The van der Waals surface area contributed by atoms with E-state index < -0.39 is 36.1 Å². The second kappa shape index (κ2) is 4.77. The molecule has 2 heterocycles. The predicted octanol–water partition coefficient (Wildman–Crippen LogP) is -0.189. The van der Waals surface area contributed by atoms with Gasteiger partial charge in [0.2, 0.25) is 0 Å². The molecule has 0 aromatic heterocycles. The molecule has 0 saturated carbocycles. The van der Waals surface area contributed by atoms with Crippen LogP contribution in [-0.2, 0) is 19.0 Å². The molecular weight excluding hydrogens is 240 g/mol. The topological polar surface area (TPSA) is 85.2 Å². The van der Waals surface area contributed by atoms with E-state index >= 15 is 0 Å². The SMILES string of the molecule is CCC(C)(C)C(=O)OC1COC2C(O)C(O)OC12. The van der Waals surface area contributed by atoms with Crippen molar-refractivity contribution in [2.45, 2.75) is 57.9 Å². The zero-order valence-electron chi connectivity index (χ0n) is 10.8. The zero-order valence-corrected chi connectivity index (χ0v) is 10.8. The third kappa shape index (κ3) is 2.25. The van der Waals surface area contributed by atoms with Crippen LogP contribution in [0.25, 0.3) is 0 Å². The van der Waals surface area contributed by atoms with Gasteiger partial charge in [0, 0.05) is 0 Å². The molecule has 2 saturated heterocycles. The Hall–Kier alpha value is -0.690. The summed E-state index contributed by atoms with van der Waals surface area (Å²) in [5.74, 6) is -0.321. The molecule has 2 fully saturated rings. The molecule has 0 aromatic carbocycles. The lowest BCUT2D eigenvalue weighted by atomic mass is 9.90. The van der Waals surface area contributed by atoms with Gasteiger partial charge in [-0.2, -0.15) is 0 Å². The van der Waals surface area contributed by atoms with E-state index in [-0.39, 0.29) is 12.6 Å². The van der Waals surface area contributed by atoms with E-state index in [0.717, 1.165) is 0 Å². The largest absolute Gasteiger partial charge is 0.457 e. The molecule has 6 nitrogen and oxygen atoms in total. The van der Waals surface area contributed by atoms with Crippen LogP contribution in [0.3, 0.4) is 0 Å². The molecule has 0 aliphatic carbocycles. The molecule has 0 spiro atoms. The summed E-state index contributed by atoms with van der Waals surface area (Å²) in [7, 11) is 0. The van der Waals surface area contributed by atoms with Crippen LogP contribution >= 0.6 is 0 Å². The van der Waals surface area contributed by atoms with Crippen LogP contribution in [0.5, 0.6) is 0 Å². The molecule has 104 valence electrons. The summed E-state index contributed by atoms with van der Waals surface area (Å²) in [6.07, 6.45) is -3.48. The minimum atomic E-state index is -1.28. The number of aliphatic hydroxyl groups is 2. The number of carbonyl (C=O) groups excluding carboxylic acids is 1. The lowest BCUT2D eigenvalue weighted by Gasteiger charge is -2.24. The quantitative estimate of drug-likeness (QED) is 0.684. The fourth-order valence-electron chi connectivity index (χ4n) is 2.01. The minimum absolute atomic E-state index is 0.185. The second-order valence-corrected chi connectivity index (χ2v) is 5.46. The standard InChI is InChI=1S/C12H20O6/c1-4-12(2,3)11(15)17-6-5-16-9-7(13)10(14)18-8(6)9/h6-10,13-14H,4-5H2,1-3H3. The molecule has 0 amide bonds. The Kier molecular flexibility index (Phi) is 3.64. The van der Waals surface area contributed by atoms with Gasteiger partial charge in [-0.05, 0) is 20.3 Å². The Morgan fingerprint density at radius 3 is 2.67 bits per heavy atom. The summed E-state index contributed by atoms with van der Waals surface area (Å²) < 4.78 is 15.8. The maximum atomic E-state index is 11.9. The highest BCUT2D eigenvalue weighted by Gasteiger charge is 2.53. The number of hydrogen-bond acceptors (Lipinski definition) is 6. The second-order valence-electron chi connectivity index (χ2n) is 5.46. The third-order valence-corrected chi connectivity index (χ3v) is 3.76. The van der Waals surface area contributed by atoms with Crippen molar-refractivity contribution in [2.24, 2.45) is 5.41 Å². The first-order valence-electron chi connectivity index (χ1n) is 6.21. The number of aliphatic hydroxyl groups excluding tert-OH is 2. The van der Waals surface area contributed by atoms with Crippen LogP contribution in [0.15, 0.2) is 0 Å². The normalized spacial score (nSPS) is 39.7. The third-order valence-electron chi connectivity index (χ3n) is 3.76. The van der Waals surface area contributed by atoms with Gasteiger partial charge in [-0.15, -0.1) is 0 Å². The summed E-state index contributed by atoms with van der Waals surface area (Å²) in [5.41, 5.74) is -0.562. The van der Waals surface area contributed by atoms with Crippen LogP contribution in [0, 0.1) is 5.41 Å². The van der Waals surface area contributed by atoms with Crippen LogP contribution < -0.4 is 0 Å². The number of rotatable bonds is 3. The molecule has 2 aliphatic rings. The number of ether oxygens (including phenoxy) is 3. The lowest BCUT2D eigenvalue weighted by molar-refractivity contribution is -0.178. The van der Waals surface area contributed by atoms with Crippen LogP contribution in [-0.4, -0.2) is 53.5 Å². The van der Waals surface area contributed by atoms with E-state index in [0.29, 0.717) is 6.42 Å². The van der Waals surface area contributed by atoms with E-state index in [1.165, 1.54) is 0 Å². The summed E-state index contributed by atoms with van der Waals surface area (Å²) in [4.78, 5) is 11.9. The Labute approximate surface area is 106 Å². The van der Waals surface area contributed by atoms with Gasteiger partial charge in [0.25, 0.3) is 0 Å². The van der Waals surface area contributed by atoms with Crippen molar-refractivity contribution in [3.8, 4) is 0 Å². The Morgan fingerprint density at radius 2 is 2.06 bits per heavy atom. The van der Waals surface area contributed by atoms with Crippen molar-refractivity contribution in [1.82, 2.24) is 0 Å². The molecule has 2 N–H and O–H groups in total. The minimum Gasteiger partial charge on any atom is -0.457 e. The van der Waals surface area contributed by atoms with E-state index in [4.69, 9.17) is 14.2 Å². The monoisotopic (exact) mass is 260 g/mol. The zero-order chi connectivity index (χ0) is 13.5. The molecule has 0 radical (unpaired) electrons. The molecule has 5 atom stereocenters. The molecule has 5 unspecified atom stereocenters. The van der Waals surface area contributed by atoms with E-state index in [1.807, 2.05) is 20.8 Å². The van der Waals surface area contributed by atoms with Crippen LogP contribution in [0.4, 0.5) is 0 Å². The van der Waals surface area contributed by atoms with Crippen molar-refractivity contribution in [1.29, 1.82) is 0 Å². The smallest absolute Gasteiger partial charge is 0.311 e. The number of hydrogen-bond donors (Lipinski definition) is 2. The number of esters is 1. The van der Waals surface area contributed by atoms with Crippen molar-refractivity contribution in [2.75, 3.05) is 6.61 Å². The van der Waals surface area contributed by atoms with Crippen molar-refractivity contribution < 1.29 is 29.2 Å². The molecule has 0 aromatic rings. The Balaban J connectivity index is 1.98. The van der Waals surface area contributed by atoms with Crippen molar-refractivity contribution in [3.63, 3.8) is 0 Å². The van der Waals surface area contributed by atoms with Gasteiger partial charge in [0.1, 0.15) is 18.3 Å². The highest BCUT2D eigenvalue weighted by atomic mass is 16.7. The average Bonchev–Trinajstić information content (AvgIpc) is 2.82. The summed E-state index contributed by atoms with van der Waals surface area (Å²) in [5, 5.41) is 19.0. The van der Waals surface area contributed by atoms with Gasteiger partial charge < -0.3 is 24.4 Å². The fourth-order valence-corrected chi connectivity index (χ4v) is 2.01. The summed E-state index contributed by atoms with van der Waals surface area (Å²) in [6.45, 7) is 5.71. The molecule has 6 heteroatoms. The molecular formula is C12H20O6. The Morgan fingerprint density at radius 1 is 1.39 bits per heavy atom. The summed E-state index contributed by atoms with van der Waals surface area (Å²) >= 11 is 0. The number of carbonyl (C=O) groups is 1. The first kappa shape index (κ1) is 13.7. The number of fused-ring (bicyclic) bond motifs is 1. The fraction of sp³-hybridized carbons (Fsp3) is 0.917. The molecule has 18 heavy (non-hydrogen) atoms. The highest BCUT2D eigenvalue weighted by Crippen LogP contribution is 2.33. The maximum Gasteiger partial charge on any atom is 0.311 e. The highest BCUT2D eigenvalue weighted by molar-refractivity contribution is 5.76. The lowest BCUT2D eigenvalue weighted by Crippen LogP contribution is -2.37.